The second-order valence-corrected chi connectivity index (χ2v) is 4.92. The van der Waals surface area contributed by atoms with Gasteiger partial charge in [0.2, 0.25) is 0 Å². The number of nitro groups is 1. The van der Waals surface area contributed by atoms with E-state index in [2.05, 4.69) is 25.9 Å². The molecule has 10 nitrogen and oxygen atoms in total. The molecule has 0 spiro atoms. The van der Waals surface area contributed by atoms with Gasteiger partial charge in [0.25, 0.3) is 17.5 Å². The summed E-state index contributed by atoms with van der Waals surface area (Å²) >= 11 is 0. The lowest BCUT2D eigenvalue weighted by Crippen LogP contribution is -2.16. The van der Waals surface area contributed by atoms with Gasteiger partial charge in [-0.25, -0.2) is 4.39 Å². The molecule has 0 aliphatic carbocycles. The minimum Gasteiger partial charge on any atom is -0.287 e. The molecule has 0 bridgehead atoms. The van der Waals surface area contributed by atoms with Crippen molar-refractivity contribution in [2.75, 3.05) is 5.32 Å². The van der Waals surface area contributed by atoms with E-state index in [1.165, 1.54) is 54.7 Å². The van der Waals surface area contributed by atoms with Crippen LogP contribution in [0.5, 0.6) is 0 Å². The molecule has 0 radical (unpaired) electrons. The van der Waals surface area contributed by atoms with Crippen molar-refractivity contribution in [3.63, 3.8) is 0 Å². The van der Waals surface area contributed by atoms with E-state index in [0.717, 1.165) is 4.79 Å². The Labute approximate surface area is 145 Å². The van der Waals surface area contributed by atoms with E-state index in [-0.39, 0.29) is 23.0 Å². The van der Waals surface area contributed by atoms with E-state index in [4.69, 9.17) is 0 Å². The summed E-state index contributed by atoms with van der Waals surface area (Å²) in [5, 5.41) is 27.9. The van der Waals surface area contributed by atoms with Crippen LogP contribution in [0.4, 0.5) is 16.0 Å². The van der Waals surface area contributed by atoms with Gasteiger partial charge in [-0.15, -0.1) is 0 Å². The van der Waals surface area contributed by atoms with E-state index >= 15 is 0 Å². The van der Waals surface area contributed by atoms with Crippen LogP contribution < -0.4 is 5.32 Å². The number of nitro benzene ring substituents is 1. The monoisotopic (exact) mass is 355 g/mol. The summed E-state index contributed by atoms with van der Waals surface area (Å²) in [6, 6.07) is 11.0. The van der Waals surface area contributed by atoms with Crippen molar-refractivity contribution in [2.24, 2.45) is 5.10 Å². The molecule has 0 unspecified atom stereocenters. The van der Waals surface area contributed by atoms with Crippen LogP contribution in [0.3, 0.4) is 0 Å². The highest BCUT2D eigenvalue weighted by atomic mass is 19.1. The van der Waals surface area contributed by atoms with Gasteiger partial charge in [-0.3, -0.25) is 20.2 Å². The first kappa shape index (κ1) is 16.8. The first-order valence-electron chi connectivity index (χ1n) is 7.17. The highest BCUT2D eigenvalue weighted by Crippen LogP contribution is 2.18. The second-order valence-electron chi connectivity index (χ2n) is 4.92. The molecule has 0 saturated carbocycles. The van der Waals surface area contributed by atoms with Gasteiger partial charge in [-0.1, -0.05) is 34.2 Å². The average Bonchev–Trinajstić information content (AvgIpc) is 3.08. The highest BCUT2D eigenvalue weighted by molar-refractivity contribution is 6.06. The molecule has 2 aromatic carbocycles. The van der Waals surface area contributed by atoms with Gasteiger partial charge in [0.15, 0.2) is 0 Å². The lowest BCUT2D eigenvalue weighted by atomic mass is 10.1. The van der Waals surface area contributed by atoms with Crippen LogP contribution >= 0.6 is 0 Å². The minimum absolute atomic E-state index is 0.133. The number of nitrogens with zero attached hydrogens (tertiary/aromatic N) is 6. The molecular formula is C15H10FN7O3. The van der Waals surface area contributed by atoms with Gasteiger partial charge in [-0.05, 0) is 34.2 Å². The maximum Gasteiger partial charge on any atom is 0.282 e. The Bertz CT molecular complexity index is 985. The number of hydrogen-bond acceptors (Lipinski definition) is 7. The number of carbonyl (C=O) groups is 1. The number of anilines is 1. The van der Waals surface area contributed by atoms with Gasteiger partial charge >= 0.3 is 0 Å². The molecule has 26 heavy (non-hydrogen) atoms. The smallest absolute Gasteiger partial charge is 0.282 e. The third kappa shape index (κ3) is 3.72. The van der Waals surface area contributed by atoms with Crippen molar-refractivity contribution in [1.82, 2.24) is 20.3 Å². The van der Waals surface area contributed by atoms with E-state index in [0.29, 0.717) is 5.56 Å². The lowest BCUT2D eigenvalue weighted by Gasteiger charge is -2.03. The third-order valence-electron chi connectivity index (χ3n) is 3.21. The summed E-state index contributed by atoms with van der Waals surface area (Å²) in [6.45, 7) is 0. The zero-order valence-electron chi connectivity index (χ0n) is 13.0. The molecule has 0 fully saturated rings. The molecule has 0 saturated heterocycles. The van der Waals surface area contributed by atoms with Crippen LogP contribution in [-0.4, -0.2) is 37.4 Å². The van der Waals surface area contributed by atoms with E-state index in [9.17, 15) is 19.3 Å². The van der Waals surface area contributed by atoms with Crippen molar-refractivity contribution in [1.29, 1.82) is 0 Å². The van der Waals surface area contributed by atoms with Crippen molar-refractivity contribution in [2.45, 2.75) is 0 Å². The molecule has 3 rings (SSSR count). The third-order valence-corrected chi connectivity index (χ3v) is 3.21. The molecule has 1 N–H and O–H groups in total. The Morgan fingerprint density at radius 2 is 1.96 bits per heavy atom. The van der Waals surface area contributed by atoms with Crippen molar-refractivity contribution >= 4 is 23.8 Å². The van der Waals surface area contributed by atoms with Gasteiger partial charge in [0.1, 0.15) is 11.4 Å². The summed E-state index contributed by atoms with van der Waals surface area (Å²) in [6.07, 6.45) is 1.36. The average molecular weight is 355 g/mol. The second kappa shape index (κ2) is 7.25. The molecule has 0 aliphatic rings. The van der Waals surface area contributed by atoms with Gasteiger partial charge in [0, 0.05) is 6.07 Å². The number of halogens is 1. The number of para-hydroxylation sites is 1. The number of aromatic nitrogens is 4. The fourth-order valence-electron chi connectivity index (χ4n) is 2.00. The summed E-state index contributed by atoms with van der Waals surface area (Å²) in [5.74, 6) is -1.28. The quantitative estimate of drug-likeness (QED) is 0.422. The summed E-state index contributed by atoms with van der Waals surface area (Å²) in [4.78, 5) is 23.6. The van der Waals surface area contributed by atoms with Crippen molar-refractivity contribution in [3.8, 4) is 0 Å². The number of nitrogens with one attached hydrogen (secondary N) is 1. The van der Waals surface area contributed by atoms with Crippen LogP contribution in [0.25, 0.3) is 0 Å². The van der Waals surface area contributed by atoms with Crippen LogP contribution in [0.15, 0.2) is 53.6 Å². The fourth-order valence-corrected chi connectivity index (χ4v) is 2.00. The number of carbonyl (C=O) groups excluding carboxylic acids is 1. The Hall–Kier alpha value is -4.02. The largest absolute Gasteiger partial charge is 0.287 e. The van der Waals surface area contributed by atoms with Gasteiger partial charge < -0.3 is 0 Å². The predicted octanol–water partition coefficient (Wildman–Crippen LogP) is 1.85. The molecule has 1 amide bonds. The maximum atomic E-state index is 12.9. The van der Waals surface area contributed by atoms with E-state index in [1.54, 1.807) is 0 Å². The fraction of sp³-hybridized carbons (Fsp3) is 0. The number of benzene rings is 2. The lowest BCUT2D eigenvalue weighted by molar-refractivity contribution is -0.385. The Balaban J connectivity index is 1.80. The number of amides is 1. The van der Waals surface area contributed by atoms with Crippen LogP contribution in [0.1, 0.15) is 15.9 Å². The van der Waals surface area contributed by atoms with Crippen LogP contribution in [-0.2, 0) is 0 Å². The maximum absolute atomic E-state index is 12.9. The Kier molecular flexibility index (Phi) is 4.69. The van der Waals surface area contributed by atoms with Crippen LogP contribution in [0.2, 0.25) is 0 Å². The zero-order valence-corrected chi connectivity index (χ0v) is 13.0. The van der Waals surface area contributed by atoms with E-state index in [1.807, 2.05) is 0 Å². The number of hydrogen-bond donors (Lipinski definition) is 1. The summed E-state index contributed by atoms with van der Waals surface area (Å²) < 4.78 is 12.9. The Morgan fingerprint density at radius 3 is 2.69 bits per heavy atom. The van der Waals surface area contributed by atoms with Gasteiger partial charge in [-0.2, -0.15) is 5.10 Å². The van der Waals surface area contributed by atoms with Crippen molar-refractivity contribution < 1.29 is 14.1 Å². The first-order valence-corrected chi connectivity index (χ1v) is 7.17. The molecule has 3 aromatic rings. The zero-order chi connectivity index (χ0) is 18.5. The van der Waals surface area contributed by atoms with Crippen LogP contribution in [0, 0.1) is 15.9 Å². The molecule has 11 heteroatoms. The molecule has 0 atom stereocenters. The Morgan fingerprint density at radius 1 is 1.23 bits per heavy atom. The SMILES string of the molecule is O=C(Nc1nnnn1/N=C/c1ccc(F)cc1)c1ccccc1[N+](=O)[O-]. The molecule has 1 aromatic heterocycles. The molecule has 1 heterocycles. The summed E-state index contributed by atoms with van der Waals surface area (Å²) in [7, 11) is 0. The van der Waals surface area contributed by atoms with E-state index < -0.39 is 10.8 Å². The summed E-state index contributed by atoms with van der Waals surface area (Å²) in [5.41, 5.74) is 0.0891. The normalized spacial score (nSPS) is 10.8. The molecular weight excluding hydrogens is 345 g/mol. The molecule has 130 valence electrons. The molecule has 0 aliphatic heterocycles. The first-order chi connectivity index (χ1) is 12.5. The minimum atomic E-state index is -0.759. The van der Waals surface area contributed by atoms with Gasteiger partial charge in [0.05, 0.1) is 11.1 Å². The number of rotatable bonds is 5. The number of tetrazole rings is 1. The van der Waals surface area contributed by atoms with Crippen molar-refractivity contribution in [3.05, 3.63) is 75.6 Å². The highest BCUT2D eigenvalue weighted by Gasteiger charge is 2.21. The predicted molar refractivity (Wildman–Crippen MR) is 88.3 cm³/mol. The standard InChI is InChI=1S/C15H10FN7O3/c16-11-7-5-10(6-8-11)9-17-22-15(19-20-21-22)18-14(24)12-3-1-2-4-13(12)23(25)26/h1-9H,(H,18,19,21,24)/b17-9+. The topological polar surface area (TPSA) is 128 Å².